The van der Waals surface area contributed by atoms with Crippen molar-refractivity contribution in [1.82, 2.24) is 9.80 Å². The van der Waals surface area contributed by atoms with E-state index in [2.05, 4.69) is 68.0 Å². The zero-order chi connectivity index (χ0) is 17.0. The molecular weight excluding hydrogens is 324 g/mol. The van der Waals surface area contributed by atoms with Gasteiger partial charge < -0.3 is 4.90 Å². The summed E-state index contributed by atoms with van der Waals surface area (Å²) in [6.45, 7) is 10.6. The quantitative estimate of drug-likeness (QED) is 0.689. The van der Waals surface area contributed by atoms with Crippen molar-refractivity contribution in [2.24, 2.45) is 0 Å². The first-order valence-electron chi connectivity index (χ1n) is 8.24. The summed E-state index contributed by atoms with van der Waals surface area (Å²) >= 11 is 3.49. The van der Waals surface area contributed by atoms with Crippen LogP contribution in [0, 0.1) is 0 Å². The molecule has 1 fully saturated rings. The summed E-state index contributed by atoms with van der Waals surface area (Å²) in [7, 11) is 0. The Balaban J connectivity index is 2.07. The first-order chi connectivity index (χ1) is 10.9. The molecule has 0 N–H and O–H groups in total. The highest BCUT2D eigenvalue weighted by Gasteiger charge is 2.33. The van der Waals surface area contributed by atoms with E-state index in [4.69, 9.17) is 0 Å². The average Bonchev–Trinajstić information content (AvgIpc) is 2.88. The van der Waals surface area contributed by atoms with Crippen LogP contribution in [-0.4, -0.2) is 52.9 Å². The molecule has 1 aromatic rings. The largest absolute Gasteiger partial charge is 0.325 e. The van der Waals surface area contributed by atoms with Crippen LogP contribution >= 0.6 is 23.5 Å². The number of carbonyl (C=O) groups excluding carboxylic acids is 1. The molecular formula is C18H28N2OS2. The van der Waals surface area contributed by atoms with Gasteiger partial charge in [-0.2, -0.15) is 0 Å². The Hall–Kier alpha value is -0.650. The van der Waals surface area contributed by atoms with Gasteiger partial charge in [-0.15, -0.1) is 23.5 Å². The minimum Gasteiger partial charge on any atom is -0.325 e. The van der Waals surface area contributed by atoms with Crippen molar-refractivity contribution in [1.29, 1.82) is 0 Å². The van der Waals surface area contributed by atoms with Gasteiger partial charge in [-0.3, -0.25) is 9.69 Å². The second-order valence-corrected chi connectivity index (χ2v) is 8.40. The number of hydrogen-bond acceptors (Lipinski definition) is 4. The van der Waals surface area contributed by atoms with Crippen molar-refractivity contribution in [2.45, 2.75) is 50.0 Å². The van der Waals surface area contributed by atoms with Crippen LogP contribution in [0.25, 0.3) is 0 Å². The fourth-order valence-electron chi connectivity index (χ4n) is 3.08. The summed E-state index contributed by atoms with van der Waals surface area (Å²) in [6, 6.07) is 9.63. The third kappa shape index (κ3) is 4.68. The molecule has 128 valence electrons. The SMILES string of the molecule is CSc1ccc(C2SCC(=O)N2CCN(C(C)C)C(C)C)cc1. The number of carbonyl (C=O) groups is 1. The monoisotopic (exact) mass is 352 g/mol. The van der Waals surface area contributed by atoms with Crippen LogP contribution in [0.5, 0.6) is 0 Å². The summed E-state index contributed by atoms with van der Waals surface area (Å²) in [5.74, 6) is 0.861. The summed E-state index contributed by atoms with van der Waals surface area (Å²) in [5, 5.41) is 0.166. The van der Waals surface area contributed by atoms with Crippen molar-refractivity contribution in [2.75, 3.05) is 25.1 Å². The van der Waals surface area contributed by atoms with Gasteiger partial charge in [0, 0.05) is 30.1 Å². The molecule has 2 rings (SSSR count). The topological polar surface area (TPSA) is 23.6 Å². The summed E-state index contributed by atoms with van der Waals surface area (Å²) < 4.78 is 0. The zero-order valence-corrected chi connectivity index (χ0v) is 16.4. The molecule has 1 aromatic carbocycles. The van der Waals surface area contributed by atoms with Crippen molar-refractivity contribution in [3.63, 3.8) is 0 Å². The molecule has 1 atom stereocenters. The lowest BCUT2D eigenvalue weighted by atomic mass is 10.2. The zero-order valence-electron chi connectivity index (χ0n) is 14.8. The lowest BCUT2D eigenvalue weighted by molar-refractivity contribution is -0.128. The van der Waals surface area contributed by atoms with Gasteiger partial charge in [0.15, 0.2) is 0 Å². The highest BCUT2D eigenvalue weighted by atomic mass is 32.2. The number of hydrogen-bond donors (Lipinski definition) is 0. The van der Waals surface area contributed by atoms with Crippen molar-refractivity contribution >= 4 is 29.4 Å². The molecule has 3 nitrogen and oxygen atoms in total. The van der Waals surface area contributed by atoms with E-state index in [0.717, 1.165) is 13.1 Å². The molecule has 1 saturated heterocycles. The predicted molar refractivity (Wildman–Crippen MR) is 102 cm³/mol. The number of benzene rings is 1. The maximum absolute atomic E-state index is 12.3. The van der Waals surface area contributed by atoms with E-state index in [9.17, 15) is 4.79 Å². The molecule has 23 heavy (non-hydrogen) atoms. The maximum atomic E-state index is 12.3. The van der Waals surface area contributed by atoms with Crippen LogP contribution < -0.4 is 0 Å². The van der Waals surface area contributed by atoms with E-state index in [1.165, 1.54) is 10.5 Å². The van der Waals surface area contributed by atoms with Crippen LogP contribution in [0.1, 0.15) is 38.6 Å². The molecule has 0 bridgehead atoms. The van der Waals surface area contributed by atoms with Gasteiger partial charge >= 0.3 is 0 Å². The molecule has 1 heterocycles. The third-order valence-electron chi connectivity index (χ3n) is 4.29. The number of amides is 1. The Morgan fingerprint density at radius 1 is 1.22 bits per heavy atom. The van der Waals surface area contributed by atoms with Crippen LogP contribution in [0.4, 0.5) is 0 Å². The van der Waals surface area contributed by atoms with Crippen LogP contribution in [0.3, 0.4) is 0 Å². The minimum atomic E-state index is 0.166. The van der Waals surface area contributed by atoms with E-state index in [1.54, 1.807) is 23.5 Å². The minimum absolute atomic E-state index is 0.166. The van der Waals surface area contributed by atoms with Gasteiger partial charge in [-0.25, -0.2) is 0 Å². The Morgan fingerprint density at radius 3 is 2.35 bits per heavy atom. The average molecular weight is 353 g/mol. The fraction of sp³-hybridized carbons (Fsp3) is 0.611. The second-order valence-electron chi connectivity index (χ2n) is 6.45. The van der Waals surface area contributed by atoms with Crippen LogP contribution in [0.15, 0.2) is 29.2 Å². The summed E-state index contributed by atoms with van der Waals surface area (Å²) in [4.78, 5) is 18.1. The molecule has 0 aliphatic carbocycles. The Labute approximate surface area is 149 Å². The maximum Gasteiger partial charge on any atom is 0.233 e. The van der Waals surface area contributed by atoms with Gasteiger partial charge in [0.1, 0.15) is 5.37 Å². The third-order valence-corrected chi connectivity index (χ3v) is 6.29. The Kier molecular flexibility index (Phi) is 6.86. The number of thioether (sulfide) groups is 2. The standard InChI is InChI=1S/C18H28N2OS2/c1-13(2)19(14(3)4)10-11-20-17(21)12-23-18(20)15-6-8-16(22-5)9-7-15/h6-9,13-14,18H,10-12H2,1-5H3. The summed E-state index contributed by atoms with van der Waals surface area (Å²) in [6.07, 6.45) is 2.08. The van der Waals surface area contributed by atoms with Crippen LogP contribution in [0.2, 0.25) is 0 Å². The molecule has 0 aromatic heterocycles. The lowest BCUT2D eigenvalue weighted by Gasteiger charge is -2.33. The molecule has 1 aliphatic rings. The molecule has 0 radical (unpaired) electrons. The first kappa shape index (κ1) is 18.7. The van der Waals surface area contributed by atoms with E-state index >= 15 is 0 Å². The van der Waals surface area contributed by atoms with Gasteiger partial charge in [0.2, 0.25) is 5.91 Å². The highest BCUT2D eigenvalue weighted by Crippen LogP contribution is 2.38. The van der Waals surface area contributed by atoms with Gasteiger partial charge in [0.05, 0.1) is 5.75 Å². The number of nitrogens with zero attached hydrogens (tertiary/aromatic N) is 2. The molecule has 1 aliphatic heterocycles. The van der Waals surface area contributed by atoms with E-state index in [1.807, 2.05) is 0 Å². The normalized spacial score (nSPS) is 18.7. The van der Waals surface area contributed by atoms with Gasteiger partial charge in [0.25, 0.3) is 0 Å². The first-order valence-corrected chi connectivity index (χ1v) is 10.5. The van der Waals surface area contributed by atoms with E-state index in [0.29, 0.717) is 17.8 Å². The Morgan fingerprint density at radius 2 is 1.83 bits per heavy atom. The molecule has 0 spiro atoms. The summed E-state index contributed by atoms with van der Waals surface area (Å²) in [5.41, 5.74) is 1.24. The predicted octanol–water partition coefficient (Wildman–Crippen LogP) is 4.10. The Bertz CT molecular complexity index is 508. The smallest absolute Gasteiger partial charge is 0.233 e. The molecule has 1 amide bonds. The van der Waals surface area contributed by atoms with Gasteiger partial charge in [-0.1, -0.05) is 12.1 Å². The van der Waals surface area contributed by atoms with Crippen LogP contribution in [-0.2, 0) is 4.79 Å². The number of rotatable bonds is 7. The van der Waals surface area contributed by atoms with Crippen molar-refractivity contribution in [3.8, 4) is 0 Å². The molecule has 5 heteroatoms. The van der Waals surface area contributed by atoms with E-state index in [-0.39, 0.29) is 11.3 Å². The fourth-order valence-corrected chi connectivity index (χ4v) is 4.70. The van der Waals surface area contributed by atoms with Crippen molar-refractivity contribution < 1.29 is 4.79 Å². The molecule has 1 unspecified atom stereocenters. The lowest BCUT2D eigenvalue weighted by Crippen LogP contribution is -2.43. The van der Waals surface area contributed by atoms with Gasteiger partial charge in [-0.05, 0) is 51.6 Å². The highest BCUT2D eigenvalue weighted by molar-refractivity contribution is 8.00. The van der Waals surface area contributed by atoms with E-state index < -0.39 is 0 Å². The van der Waals surface area contributed by atoms with Crippen molar-refractivity contribution in [3.05, 3.63) is 29.8 Å². The second kappa shape index (κ2) is 8.45. The molecule has 0 saturated carbocycles.